The largest absolute Gasteiger partial charge is 0.489 e. The molecule has 2 atom stereocenters. The van der Waals surface area contributed by atoms with Crippen LogP contribution in [0.3, 0.4) is 0 Å². The van der Waals surface area contributed by atoms with Crippen LogP contribution in [0.1, 0.15) is 81.6 Å². The van der Waals surface area contributed by atoms with Gasteiger partial charge in [0.15, 0.2) is 0 Å². The lowest BCUT2D eigenvalue weighted by molar-refractivity contribution is -0.124. The van der Waals surface area contributed by atoms with Crippen molar-refractivity contribution in [3.05, 3.63) is 147 Å². The summed E-state index contributed by atoms with van der Waals surface area (Å²) in [5.74, 6) is -0.118. The molecular weight excluding hydrogens is 710 g/mol. The molecule has 0 bridgehead atoms. The number of aliphatic hydroxyl groups is 4. The molecule has 4 aromatic carbocycles. The van der Waals surface area contributed by atoms with Crippen molar-refractivity contribution in [2.45, 2.75) is 69.8 Å². The maximum atomic E-state index is 12.9. The van der Waals surface area contributed by atoms with Gasteiger partial charge >= 0.3 is 0 Å². The van der Waals surface area contributed by atoms with Gasteiger partial charge in [0.1, 0.15) is 29.5 Å². The third-order valence-corrected chi connectivity index (χ3v) is 10.3. The highest BCUT2D eigenvalue weighted by molar-refractivity contribution is 7.09. The summed E-state index contributed by atoms with van der Waals surface area (Å²) in [7, 11) is 0. The smallest absolute Gasteiger partial charge is 0.268 e. The van der Waals surface area contributed by atoms with Crippen LogP contribution in [0.5, 0.6) is 5.75 Å². The Labute approximate surface area is 318 Å². The first-order chi connectivity index (χ1) is 26.0. The van der Waals surface area contributed by atoms with Crippen molar-refractivity contribution in [2.75, 3.05) is 18.1 Å². The number of β-lactam (4-membered cyclic amide) rings is 1. The van der Waals surface area contributed by atoms with Crippen LogP contribution in [0.15, 0.2) is 102 Å². The molecule has 10 nitrogen and oxygen atoms in total. The summed E-state index contributed by atoms with van der Waals surface area (Å²) in [6.45, 7) is 1.19. The van der Waals surface area contributed by atoms with Crippen molar-refractivity contribution in [2.24, 2.45) is 5.73 Å². The van der Waals surface area contributed by atoms with E-state index in [0.29, 0.717) is 38.0 Å². The second-order valence-electron chi connectivity index (χ2n) is 13.3. The van der Waals surface area contributed by atoms with Gasteiger partial charge in [0, 0.05) is 23.1 Å². The number of benzene rings is 4. The van der Waals surface area contributed by atoms with Crippen LogP contribution < -0.4 is 15.4 Å². The monoisotopic (exact) mass is 755 g/mol. The number of hydrogen-bond acceptors (Lipinski definition) is 9. The molecule has 0 saturated carbocycles. The van der Waals surface area contributed by atoms with E-state index in [1.807, 2.05) is 79.7 Å². The van der Waals surface area contributed by atoms with Gasteiger partial charge in [0.25, 0.3) is 5.91 Å². The molecule has 6 N–H and O–H groups in total. The number of anilines is 1. The number of ether oxygens (including phenoxy) is 1. The molecule has 0 spiro atoms. The van der Waals surface area contributed by atoms with Gasteiger partial charge in [-0.3, -0.25) is 9.59 Å². The van der Waals surface area contributed by atoms with Gasteiger partial charge in [0.05, 0.1) is 36.8 Å². The van der Waals surface area contributed by atoms with Gasteiger partial charge in [-0.1, -0.05) is 67.6 Å². The van der Waals surface area contributed by atoms with E-state index >= 15 is 0 Å². The number of hydrogen-bond donors (Lipinski definition) is 5. The molecule has 6 rings (SSSR count). The average Bonchev–Trinajstić information content (AvgIpc) is 3.68. The molecule has 0 aliphatic carbocycles. The van der Waals surface area contributed by atoms with Crippen molar-refractivity contribution >= 4 is 28.8 Å². The highest BCUT2D eigenvalue weighted by Gasteiger charge is 2.40. The number of primary amides is 1. The Bertz CT molecular complexity index is 1970. The zero-order chi connectivity index (χ0) is 38.7. The van der Waals surface area contributed by atoms with Crippen LogP contribution in [0.4, 0.5) is 10.1 Å². The van der Waals surface area contributed by atoms with Gasteiger partial charge in [0.2, 0.25) is 5.91 Å². The third-order valence-electron chi connectivity index (χ3n) is 9.37. The van der Waals surface area contributed by atoms with Crippen molar-refractivity contribution < 1.29 is 39.1 Å². The molecule has 5 aromatic rings. The number of aromatic nitrogens is 1. The van der Waals surface area contributed by atoms with E-state index in [4.69, 9.17) is 10.5 Å². The minimum atomic E-state index is -1.56. The Kier molecular flexibility index (Phi) is 14.0. The molecule has 1 fully saturated rings. The normalized spacial score (nSPS) is 14.5. The Morgan fingerprint density at radius 2 is 1.65 bits per heavy atom. The molecule has 1 aliphatic heterocycles. The molecule has 1 aromatic heterocycles. The maximum Gasteiger partial charge on any atom is 0.268 e. The second-order valence-corrected chi connectivity index (χ2v) is 14.2. The molecule has 1 saturated heterocycles. The highest BCUT2D eigenvalue weighted by atomic mass is 32.1. The minimum absolute atomic E-state index is 0.00821. The number of thiazole rings is 1. The lowest BCUT2D eigenvalue weighted by atomic mass is 9.89. The molecule has 2 unspecified atom stereocenters. The summed E-state index contributed by atoms with van der Waals surface area (Å²) in [5, 5.41) is 41.2. The van der Waals surface area contributed by atoms with Crippen LogP contribution in [0, 0.1) is 5.82 Å². The molecule has 0 radical (unpaired) electrons. The van der Waals surface area contributed by atoms with E-state index in [1.54, 1.807) is 22.4 Å². The summed E-state index contributed by atoms with van der Waals surface area (Å²) >= 11 is 1.41. The van der Waals surface area contributed by atoms with Crippen LogP contribution >= 0.6 is 11.3 Å². The van der Waals surface area contributed by atoms with Crippen LogP contribution in [0.25, 0.3) is 0 Å². The molecule has 12 heteroatoms. The number of carbonyl (C=O) groups excluding carboxylic acids is 2. The maximum absolute atomic E-state index is 12.9. The molecule has 2 amide bonds. The van der Waals surface area contributed by atoms with Gasteiger partial charge in [-0.2, -0.15) is 0 Å². The van der Waals surface area contributed by atoms with Crippen molar-refractivity contribution in [1.82, 2.24) is 4.98 Å². The quantitative estimate of drug-likeness (QED) is 0.0765. The number of rotatable bonds is 16. The van der Waals surface area contributed by atoms with E-state index in [-0.39, 0.29) is 29.9 Å². The zero-order valence-corrected chi connectivity index (χ0v) is 30.9. The number of aliphatic hydroxyl groups excluding tert-OH is 3. The highest BCUT2D eigenvalue weighted by Crippen LogP contribution is 2.43. The first kappa shape index (κ1) is 40.2. The fraction of sp³-hybridized carbons (Fsp3) is 0.310. The van der Waals surface area contributed by atoms with E-state index < -0.39 is 30.8 Å². The van der Waals surface area contributed by atoms with E-state index in [1.165, 1.54) is 23.5 Å². The van der Waals surface area contributed by atoms with Crippen molar-refractivity contribution in [1.29, 1.82) is 0 Å². The van der Waals surface area contributed by atoms with Crippen LogP contribution in [-0.4, -0.2) is 56.0 Å². The summed E-state index contributed by atoms with van der Waals surface area (Å²) < 4.78 is 18.6. The van der Waals surface area contributed by atoms with Crippen molar-refractivity contribution in [3.8, 4) is 5.75 Å². The SMILES string of the molecule is CCC(O)c1ccc(F)cc1.NC(=O)c1csc(CCc2ccc(N3C(=O)CC3c3cc(CCC(O)(CO)CO)ccc3OCc3ccccc3)cc2)n1. The predicted octanol–water partition coefficient (Wildman–Crippen LogP) is 6.00. The topological polar surface area (TPSA) is 166 Å². The fourth-order valence-corrected chi connectivity index (χ4v) is 6.78. The molecule has 1 aliphatic rings. The van der Waals surface area contributed by atoms with E-state index in [2.05, 4.69) is 4.98 Å². The lowest BCUT2D eigenvalue weighted by Gasteiger charge is -2.41. The van der Waals surface area contributed by atoms with E-state index in [0.717, 1.165) is 44.9 Å². The summed E-state index contributed by atoms with van der Waals surface area (Å²) in [6.07, 6.45) is 2.55. The number of aryl methyl sites for hydroxylation is 3. The molecule has 284 valence electrons. The Morgan fingerprint density at radius 3 is 2.26 bits per heavy atom. The third kappa shape index (κ3) is 10.6. The predicted molar refractivity (Wildman–Crippen MR) is 206 cm³/mol. The van der Waals surface area contributed by atoms with E-state index in [9.17, 15) is 34.4 Å². The Balaban J connectivity index is 0.000000438. The molecule has 2 heterocycles. The Morgan fingerprint density at radius 1 is 0.963 bits per heavy atom. The Hall–Kier alpha value is -4.98. The number of nitrogens with two attached hydrogens (primary N) is 1. The summed E-state index contributed by atoms with van der Waals surface area (Å²) in [5.41, 5.74) is 9.45. The first-order valence-electron chi connectivity index (χ1n) is 17.8. The first-order valence-corrected chi connectivity index (χ1v) is 18.7. The fourth-order valence-electron chi connectivity index (χ4n) is 5.99. The number of halogens is 1. The second kappa shape index (κ2) is 18.9. The van der Waals surface area contributed by atoms with Gasteiger partial charge in [-0.05, 0) is 84.3 Å². The molecule has 54 heavy (non-hydrogen) atoms. The van der Waals surface area contributed by atoms with Gasteiger partial charge < -0.3 is 35.8 Å². The molecular formula is C42H46FN3O7S. The lowest BCUT2D eigenvalue weighted by Crippen LogP contribution is -2.46. The summed E-state index contributed by atoms with van der Waals surface area (Å²) in [4.78, 5) is 30.3. The summed E-state index contributed by atoms with van der Waals surface area (Å²) in [6, 6.07) is 29.2. The van der Waals surface area contributed by atoms with Gasteiger partial charge in [-0.25, -0.2) is 9.37 Å². The van der Waals surface area contributed by atoms with Crippen LogP contribution in [-0.2, 0) is 30.7 Å². The number of nitrogens with zero attached hydrogens (tertiary/aromatic N) is 2. The standard InChI is InChI=1S/C33H35N3O6S.C9H11FO/c34-32(40)27-19-43-30(35-27)13-9-22-6-10-25(11-7-22)36-28(17-31(36)39)26-16-23(14-15-33(41,20-37)21-38)8-12-29(26)42-18-24-4-2-1-3-5-24;1-2-9(11)7-3-5-8(10)6-4-7/h1-8,10-12,16,19,28,37-38,41H,9,13-15,17-18,20-21H2,(H2,34,40);3-6,9,11H,2H2,1H3. The zero-order valence-electron chi connectivity index (χ0n) is 30.1. The number of carbonyl (C=O) groups is 2. The van der Waals surface area contributed by atoms with Crippen LogP contribution in [0.2, 0.25) is 0 Å². The minimum Gasteiger partial charge on any atom is -0.489 e. The van der Waals surface area contributed by atoms with Crippen molar-refractivity contribution in [3.63, 3.8) is 0 Å². The van der Waals surface area contributed by atoms with Gasteiger partial charge in [-0.15, -0.1) is 11.3 Å². The average molecular weight is 756 g/mol. The number of amides is 2.